The van der Waals surface area contributed by atoms with Gasteiger partial charge in [-0.1, -0.05) is 0 Å². The summed E-state index contributed by atoms with van der Waals surface area (Å²) < 4.78 is 44.3. The molecule has 1 aliphatic carbocycles. The van der Waals surface area contributed by atoms with Gasteiger partial charge in [0.1, 0.15) is 11.6 Å². The van der Waals surface area contributed by atoms with E-state index in [1.54, 1.807) is 12.1 Å². The monoisotopic (exact) mass is 434 g/mol. The maximum atomic E-state index is 13.1. The summed E-state index contributed by atoms with van der Waals surface area (Å²) in [6, 6.07) is 12.5. The summed E-state index contributed by atoms with van der Waals surface area (Å²) >= 11 is 0. The van der Waals surface area contributed by atoms with Crippen LogP contribution in [0.4, 0.5) is 15.8 Å². The Kier molecular flexibility index (Phi) is 7.31. The fraction of sp³-hybridized carbons (Fsp3) is 0.409. The zero-order valence-corrected chi connectivity index (χ0v) is 17.8. The largest absolute Gasteiger partial charge is 0.490 e. The minimum atomic E-state index is -3.54. The first-order valence-electron chi connectivity index (χ1n) is 10.1. The molecule has 0 atom stereocenters. The topological polar surface area (TPSA) is 75.7 Å². The van der Waals surface area contributed by atoms with Crippen molar-refractivity contribution in [3.8, 4) is 5.75 Å². The van der Waals surface area contributed by atoms with Crippen LogP contribution in [0.25, 0.3) is 0 Å². The van der Waals surface area contributed by atoms with Crippen LogP contribution >= 0.6 is 0 Å². The highest BCUT2D eigenvalue weighted by Gasteiger charge is 2.18. The molecule has 1 N–H and O–H groups in total. The van der Waals surface area contributed by atoms with Gasteiger partial charge in [-0.2, -0.15) is 0 Å². The second kappa shape index (κ2) is 9.93. The maximum Gasteiger partial charge on any atom is 0.232 e. The molecule has 1 fully saturated rings. The number of amides is 1. The Morgan fingerprint density at radius 1 is 1.10 bits per heavy atom. The molecule has 0 bridgehead atoms. The smallest absolute Gasteiger partial charge is 0.232 e. The van der Waals surface area contributed by atoms with Crippen molar-refractivity contribution in [2.24, 2.45) is 0 Å². The summed E-state index contributed by atoms with van der Waals surface area (Å²) in [5.41, 5.74) is 1.04. The normalized spacial score (nSPS) is 14.5. The van der Waals surface area contributed by atoms with E-state index in [0.29, 0.717) is 17.8 Å². The number of halogens is 1. The lowest BCUT2D eigenvalue weighted by Gasteiger charge is -2.22. The molecule has 0 heterocycles. The molecule has 0 aromatic heterocycles. The Bertz CT molecular complexity index is 940. The van der Waals surface area contributed by atoms with Crippen molar-refractivity contribution in [3.05, 3.63) is 54.3 Å². The van der Waals surface area contributed by atoms with E-state index >= 15 is 0 Å². The number of benzene rings is 2. The van der Waals surface area contributed by atoms with Crippen LogP contribution in [0, 0.1) is 5.82 Å². The number of sulfonamides is 1. The van der Waals surface area contributed by atoms with Crippen LogP contribution in [0.1, 0.15) is 38.5 Å². The molecule has 2 aromatic rings. The number of nitrogens with one attached hydrogen (secondary N) is 1. The molecule has 8 heteroatoms. The first-order valence-corrected chi connectivity index (χ1v) is 12.0. The molecule has 0 unspecified atom stereocenters. The first-order chi connectivity index (χ1) is 14.3. The molecule has 1 aliphatic rings. The molecule has 0 saturated heterocycles. The molecule has 162 valence electrons. The third-order valence-corrected chi connectivity index (χ3v) is 6.22. The lowest BCUT2D eigenvalue weighted by Crippen LogP contribution is -2.31. The maximum absolute atomic E-state index is 13.1. The summed E-state index contributed by atoms with van der Waals surface area (Å²) in [7, 11) is -3.54. The Morgan fingerprint density at radius 3 is 2.33 bits per heavy atom. The van der Waals surface area contributed by atoms with Gasteiger partial charge in [-0.3, -0.25) is 9.10 Å². The van der Waals surface area contributed by atoms with E-state index in [4.69, 9.17) is 4.74 Å². The van der Waals surface area contributed by atoms with Gasteiger partial charge in [0.05, 0.1) is 18.0 Å². The van der Waals surface area contributed by atoms with Crippen molar-refractivity contribution in [3.63, 3.8) is 0 Å². The van der Waals surface area contributed by atoms with E-state index in [2.05, 4.69) is 5.32 Å². The first kappa shape index (κ1) is 22.1. The van der Waals surface area contributed by atoms with E-state index in [0.717, 1.165) is 24.8 Å². The van der Waals surface area contributed by atoms with E-state index < -0.39 is 15.8 Å². The highest BCUT2D eigenvalue weighted by atomic mass is 32.2. The number of carbonyl (C=O) groups excluding carboxylic acids is 1. The Labute approximate surface area is 177 Å². The number of ether oxygens (including phenoxy) is 1. The van der Waals surface area contributed by atoms with E-state index in [9.17, 15) is 17.6 Å². The van der Waals surface area contributed by atoms with Crippen LogP contribution < -0.4 is 14.4 Å². The number of rotatable bonds is 9. The van der Waals surface area contributed by atoms with Gasteiger partial charge in [-0.05, 0) is 80.6 Å². The van der Waals surface area contributed by atoms with Gasteiger partial charge in [0, 0.05) is 18.7 Å². The molecule has 6 nitrogen and oxygen atoms in total. The third-order valence-electron chi connectivity index (χ3n) is 5.02. The van der Waals surface area contributed by atoms with Crippen LogP contribution in [-0.4, -0.2) is 33.2 Å². The summed E-state index contributed by atoms with van der Waals surface area (Å²) in [4.78, 5) is 12.2. The standard InChI is InChI=1S/C22H27FN2O4S/c1-30(27,28)25(19-12-8-17(23)9-13-19)16-4-7-22(26)24-18-10-14-21(15-11-18)29-20-5-2-3-6-20/h8-15,20H,2-7,16H2,1H3,(H,24,26). The van der Waals surface area contributed by atoms with Gasteiger partial charge in [0.25, 0.3) is 0 Å². The van der Waals surface area contributed by atoms with Gasteiger partial charge in [-0.15, -0.1) is 0 Å². The van der Waals surface area contributed by atoms with Crippen LogP contribution in [0.15, 0.2) is 48.5 Å². The lowest BCUT2D eigenvalue weighted by molar-refractivity contribution is -0.116. The fourth-order valence-electron chi connectivity index (χ4n) is 3.52. The predicted octanol–water partition coefficient (Wildman–Crippen LogP) is 4.33. The van der Waals surface area contributed by atoms with Gasteiger partial charge in [0.15, 0.2) is 0 Å². The molecule has 0 aliphatic heterocycles. The van der Waals surface area contributed by atoms with Crippen molar-refractivity contribution >= 4 is 27.3 Å². The number of hydrogen-bond acceptors (Lipinski definition) is 4. The van der Waals surface area contributed by atoms with Crippen molar-refractivity contribution in [1.82, 2.24) is 0 Å². The number of hydrogen-bond donors (Lipinski definition) is 1. The molecular weight excluding hydrogens is 407 g/mol. The molecule has 0 spiro atoms. The van der Waals surface area contributed by atoms with Crippen molar-refractivity contribution in [1.29, 1.82) is 0 Å². The Morgan fingerprint density at radius 2 is 1.73 bits per heavy atom. The van der Waals surface area contributed by atoms with Crippen LogP contribution in [-0.2, 0) is 14.8 Å². The van der Waals surface area contributed by atoms with Gasteiger partial charge in [-0.25, -0.2) is 12.8 Å². The van der Waals surface area contributed by atoms with Crippen molar-refractivity contribution < 1.29 is 22.3 Å². The summed E-state index contributed by atoms with van der Waals surface area (Å²) in [5.74, 6) is 0.154. The molecular formula is C22H27FN2O4S. The quantitative estimate of drug-likeness (QED) is 0.637. The van der Waals surface area contributed by atoms with E-state index in [1.165, 1.54) is 41.4 Å². The molecule has 1 amide bonds. The average molecular weight is 435 g/mol. The molecule has 3 rings (SSSR count). The zero-order valence-electron chi connectivity index (χ0n) is 17.0. The van der Waals surface area contributed by atoms with Gasteiger partial charge in [0.2, 0.25) is 15.9 Å². The second-order valence-electron chi connectivity index (χ2n) is 7.51. The van der Waals surface area contributed by atoms with Crippen LogP contribution in [0.5, 0.6) is 5.75 Å². The lowest BCUT2D eigenvalue weighted by atomic mass is 10.2. The molecule has 2 aromatic carbocycles. The predicted molar refractivity (Wildman–Crippen MR) is 116 cm³/mol. The highest BCUT2D eigenvalue weighted by Crippen LogP contribution is 2.25. The fourth-order valence-corrected chi connectivity index (χ4v) is 4.48. The minimum Gasteiger partial charge on any atom is -0.490 e. The summed E-state index contributed by atoms with van der Waals surface area (Å²) in [5, 5.41) is 2.81. The average Bonchev–Trinajstić information content (AvgIpc) is 3.20. The van der Waals surface area contributed by atoms with Gasteiger partial charge >= 0.3 is 0 Å². The third kappa shape index (κ3) is 6.45. The van der Waals surface area contributed by atoms with Crippen molar-refractivity contribution in [2.75, 3.05) is 22.4 Å². The van der Waals surface area contributed by atoms with Crippen LogP contribution in [0.3, 0.4) is 0 Å². The van der Waals surface area contributed by atoms with Crippen LogP contribution in [0.2, 0.25) is 0 Å². The Hall–Kier alpha value is -2.61. The Balaban J connectivity index is 1.48. The number of nitrogens with zero attached hydrogens (tertiary/aromatic N) is 1. The van der Waals surface area contributed by atoms with E-state index in [1.807, 2.05) is 12.1 Å². The minimum absolute atomic E-state index is 0.131. The SMILES string of the molecule is CS(=O)(=O)N(CCCC(=O)Nc1ccc(OC2CCCC2)cc1)c1ccc(F)cc1. The van der Waals surface area contributed by atoms with Gasteiger partial charge < -0.3 is 10.1 Å². The van der Waals surface area contributed by atoms with Crippen molar-refractivity contribution in [2.45, 2.75) is 44.6 Å². The number of anilines is 2. The zero-order chi connectivity index (χ0) is 21.6. The number of carbonyl (C=O) groups is 1. The summed E-state index contributed by atoms with van der Waals surface area (Å²) in [6.45, 7) is 0.131. The van der Waals surface area contributed by atoms with E-state index in [-0.39, 0.29) is 25.0 Å². The molecule has 1 saturated carbocycles. The second-order valence-corrected chi connectivity index (χ2v) is 9.42. The molecule has 30 heavy (non-hydrogen) atoms. The molecule has 0 radical (unpaired) electrons. The highest BCUT2D eigenvalue weighted by molar-refractivity contribution is 7.92. The summed E-state index contributed by atoms with van der Waals surface area (Å²) in [6.07, 6.45) is 6.44.